The van der Waals surface area contributed by atoms with Crippen LogP contribution in [0.2, 0.25) is 0 Å². The molecule has 0 radical (unpaired) electrons. The van der Waals surface area contributed by atoms with Crippen LogP contribution in [-0.2, 0) is 11.3 Å². The average molecular weight is 351 g/mol. The van der Waals surface area contributed by atoms with Crippen molar-refractivity contribution in [2.75, 3.05) is 7.05 Å². The number of hydrogen-bond donors (Lipinski definition) is 1. The van der Waals surface area contributed by atoms with E-state index >= 15 is 0 Å². The number of nitrogens with one attached hydrogen (secondary N) is 1. The fraction of sp³-hybridized carbons (Fsp3) is 0.250. The molecule has 0 aliphatic heterocycles. The van der Waals surface area contributed by atoms with Crippen LogP contribution in [0.25, 0.3) is 10.9 Å². The fourth-order valence-corrected chi connectivity index (χ4v) is 3.02. The van der Waals surface area contributed by atoms with Gasteiger partial charge in [-0.05, 0) is 24.6 Å². The van der Waals surface area contributed by atoms with E-state index < -0.39 is 11.2 Å². The van der Waals surface area contributed by atoms with Crippen LogP contribution in [-0.4, -0.2) is 27.4 Å². The molecule has 0 bridgehead atoms. The number of amides is 1. The molecule has 6 heteroatoms. The smallest absolute Gasteiger partial charge is 0.328 e. The third-order valence-electron chi connectivity index (χ3n) is 4.71. The number of carbonyl (C=O) groups excluding carboxylic acids is 1. The summed E-state index contributed by atoms with van der Waals surface area (Å²) in [5.74, 6) is -0.0662. The van der Waals surface area contributed by atoms with E-state index in [9.17, 15) is 14.4 Å². The van der Waals surface area contributed by atoms with Crippen molar-refractivity contribution >= 4 is 16.8 Å². The minimum atomic E-state index is -0.500. The molecule has 6 nitrogen and oxygen atoms in total. The molecular formula is C20H21N3O3. The highest BCUT2D eigenvalue weighted by Gasteiger charge is 2.17. The summed E-state index contributed by atoms with van der Waals surface area (Å²) in [6.45, 7) is 2.18. The van der Waals surface area contributed by atoms with Gasteiger partial charge in [0.1, 0.15) is 0 Å². The first-order chi connectivity index (χ1) is 12.5. The van der Waals surface area contributed by atoms with E-state index in [-0.39, 0.29) is 24.9 Å². The van der Waals surface area contributed by atoms with Crippen LogP contribution < -0.4 is 11.2 Å². The van der Waals surface area contributed by atoms with Crippen molar-refractivity contribution in [2.45, 2.75) is 25.9 Å². The van der Waals surface area contributed by atoms with Gasteiger partial charge in [0, 0.05) is 20.0 Å². The number of benzene rings is 2. The van der Waals surface area contributed by atoms with Crippen LogP contribution in [0, 0.1) is 0 Å². The molecule has 0 saturated heterocycles. The summed E-state index contributed by atoms with van der Waals surface area (Å²) in [5, 5.41) is 0.436. The lowest BCUT2D eigenvalue weighted by Crippen LogP contribution is -2.34. The van der Waals surface area contributed by atoms with Crippen molar-refractivity contribution in [1.29, 1.82) is 0 Å². The zero-order valence-electron chi connectivity index (χ0n) is 14.8. The summed E-state index contributed by atoms with van der Waals surface area (Å²) in [5.41, 5.74) is 0.672. The van der Waals surface area contributed by atoms with Gasteiger partial charge < -0.3 is 4.90 Å². The maximum absolute atomic E-state index is 12.6. The Balaban J connectivity index is 1.79. The highest BCUT2D eigenvalue weighted by atomic mass is 16.2. The van der Waals surface area contributed by atoms with Crippen molar-refractivity contribution in [2.24, 2.45) is 0 Å². The van der Waals surface area contributed by atoms with Gasteiger partial charge in [-0.1, -0.05) is 42.5 Å². The zero-order valence-corrected chi connectivity index (χ0v) is 14.8. The van der Waals surface area contributed by atoms with E-state index in [0.29, 0.717) is 10.9 Å². The molecule has 0 spiro atoms. The molecule has 1 heterocycles. The summed E-state index contributed by atoms with van der Waals surface area (Å²) in [6.07, 6.45) is 0.170. The van der Waals surface area contributed by atoms with E-state index in [1.54, 1.807) is 36.2 Å². The van der Waals surface area contributed by atoms with E-state index in [1.165, 1.54) is 4.57 Å². The van der Waals surface area contributed by atoms with Crippen LogP contribution in [0.3, 0.4) is 0 Å². The van der Waals surface area contributed by atoms with Gasteiger partial charge in [0.15, 0.2) is 0 Å². The van der Waals surface area contributed by atoms with Gasteiger partial charge >= 0.3 is 5.69 Å². The summed E-state index contributed by atoms with van der Waals surface area (Å²) in [4.78, 5) is 40.6. The third-order valence-corrected chi connectivity index (χ3v) is 4.71. The highest BCUT2D eigenvalue weighted by Crippen LogP contribution is 2.19. The van der Waals surface area contributed by atoms with Gasteiger partial charge in [-0.25, -0.2) is 4.79 Å². The normalized spacial score (nSPS) is 12.1. The van der Waals surface area contributed by atoms with Gasteiger partial charge in [-0.2, -0.15) is 0 Å². The van der Waals surface area contributed by atoms with Crippen molar-refractivity contribution in [3.63, 3.8) is 0 Å². The molecule has 1 amide bonds. The second-order valence-corrected chi connectivity index (χ2v) is 6.27. The Bertz CT molecular complexity index is 1040. The minimum absolute atomic E-state index is 0.0623. The largest absolute Gasteiger partial charge is 0.339 e. The van der Waals surface area contributed by atoms with Crippen LogP contribution >= 0.6 is 0 Å². The Morgan fingerprint density at radius 1 is 1.08 bits per heavy atom. The summed E-state index contributed by atoms with van der Waals surface area (Å²) in [6, 6.07) is 16.6. The Labute approximate surface area is 150 Å². The summed E-state index contributed by atoms with van der Waals surface area (Å²) < 4.78 is 1.44. The molecule has 26 heavy (non-hydrogen) atoms. The van der Waals surface area contributed by atoms with Crippen molar-refractivity contribution in [3.8, 4) is 0 Å². The van der Waals surface area contributed by atoms with Crippen molar-refractivity contribution in [3.05, 3.63) is 81.0 Å². The number of H-pyrrole nitrogens is 1. The Kier molecular flexibility index (Phi) is 5.02. The second kappa shape index (κ2) is 7.39. The van der Waals surface area contributed by atoms with Crippen LogP contribution in [0.1, 0.15) is 24.9 Å². The predicted molar refractivity (Wildman–Crippen MR) is 101 cm³/mol. The molecule has 3 rings (SSSR count). The molecule has 1 unspecified atom stereocenters. The summed E-state index contributed by atoms with van der Waals surface area (Å²) in [7, 11) is 1.76. The molecule has 2 aromatic carbocycles. The Morgan fingerprint density at radius 3 is 2.46 bits per heavy atom. The average Bonchev–Trinajstić information content (AvgIpc) is 2.67. The number of fused-ring (bicyclic) bond motifs is 1. The molecule has 0 aliphatic rings. The van der Waals surface area contributed by atoms with Crippen LogP contribution in [0.15, 0.2) is 64.2 Å². The standard InChI is InChI=1S/C20H21N3O3/c1-14(15-8-4-3-5-9-15)22(2)18(24)12-13-23-17-11-7-6-10-16(17)19(25)21-20(23)26/h3-11,14H,12-13H2,1-2H3,(H,21,25,26). The molecule has 134 valence electrons. The maximum atomic E-state index is 12.6. The van der Waals surface area contributed by atoms with Gasteiger partial charge in [-0.15, -0.1) is 0 Å². The van der Waals surface area contributed by atoms with E-state index in [2.05, 4.69) is 4.98 Å². The molecule has 1 N–H and O–H groups in total. The maximum Gasteiger partial charge on any atom is 0.328 e. The Hall–Kier alpha value is -3.15. The molecule has 1 atom stereocenters. The van der Waals surface area contributed by atoms with Crippen LogP contribution in [0.4, 0.5) is 0 Å². The lowest BCUT2D eigenvalue weighted by Gasteiger charge is -2.25. The number of hydrogen-bond acceptors (Lipinski definition) is 3. The van der Waals surface area contributed by atoms with E-state index in [0.717, 1.165) is 5.56 Å². The number of nitrogens with zero attached hydrogens (tertiary/aromatic N) is 2. The molecule has 1 aromatic heterocycles. The first kappa shape index (κ1) is 17.7. The lowest BCUT2D eigenvalue weighted by atomic mass is 10.1. The van der Waals surface area contributed by atoms with Crippen LogP contribution in [0.5, 0.6) is 0 Å². The molecule has 0 saturated carbocycles. The quantitative estimate of drug-likeness (QED) is 0.766. The van der Waals surface area contributed by atoms with Crippen molar-refractivity contribution in [1.82, 2.24) is 14.5 Å². The van der Waals surface area contributed by atoms with Gasteiger partial charge in [0.25, 0.3) is 5.56 Å². The van der Waals surface area contributed by atoms with Gasteiger partial charge in [0.05, 0.1) is 16.9 Å². The summed E-state index contributed by atoms with van der Waals surface area (Å²) >= 11 is 0. The number of aromatic amines is 1. The predicted octanol–water partition coefficient (Wildman–Crippen LogP) is 2.30. The third kappa shape index (κ3) is 3.44. The lowest BCUT2D eigenvalue weighted by molar-refractivity contribution is -0.132. The first-order valence-corrected chi connectivity index (χ1v) is 8.51. The molecule has 3 aromatic rings. The van der Waals surface area contributed by atoms with Gasteiger partial charge in [0.2, 0.25) is 5.91 Å². The minimum Gasteiger partial charge on any atom is -0.339 e. The monoisotopic (exact) mass is 351 g/mol. The highest BCUT2D eigenvalue weighted by molar-refractivity contribution is 5.79. The first-order valence-electron chi connectivity index (χ1n) is 8.51. The van der Waals surface area contributed by atoms with Gasteiger partial charge in [-0.3, -0.25) is 19.1 Å². The van der Waals surface area contributed by atoms with E-state index in [4.69, 9.17) is 0 Å². The second-order valence-electron chi connectivity index (χ2n) is 6.27. The zero-order chi connectivity index (χ0) is 18.7. The fourth-order valence-electron chi connectivity index (χ4n) is 3.02. The number of aryl methyl sites for hydroxylation is 1. The van der Waals surface area contributed by atoms with Crippen molar-refractivity contribution < 1.29 is 4.79 Å². The molecule has 0 aliphatic carbocycles. The molecule has 0 fully saturated rings. The SMILES string of the molecule is CC(c1ccccc1)N(C)C(=O)CCn1c(=O)[nH]c(=O)c2ccccc21. The number of para-hydroxylation sites is 1. The Morgan fingerprint density at radius 2 is 1.73 bits per heavy atom. The van der Waals surface area contributed by atoms with E-state index in [1.807, 2.05) is 37.3 Å². The number of carbonyl (C=O) groups is 1. The topological polar surface area (TPSA) is 75.2 Å². The molecular weight excluding hydrogens is 330 g/mol. The number of rotatable bonds is 5. The number of aromatic nitrogens is 2.